The minimum atomic E-state index is -0.616. The van der Waals surface area contributed by atoms with E-state index in [1.807, 2.05) is 0 Å². The SMILES string of the molecule is CNC(COCC=O)(COCCC=O)COCCC=O. The average molecular weight is 289 g/mol. The van der Waals surface area contributed by atoms with Gasteiger partial charge in [0.15, 0.2) is 0 Å². The van der Waals surface area contributed by atoms with Crippen molar-refractivity contribution in [3.8, 4) is 0 Å². The molecular formula is C13H23NO6. The first-order valence-electron chi connectivity index (χ1n) is 6.47. The minimum absolute atomic E-state index is 0.00783. The molecule has 0 fully saturated rings. The first-order valence-corrected chi connectivity index (χ1v) is 6.47. The van der Waals surface area contributed by atoms with E-state index < -0.39 is 5.54 Å². The summed E-state index contributed by atoms with van der Waals surface area (Å²) in [5.41, 5.74) is -0.616. The van der Waals surface area contributed by atoms with E-state index in [0.717, 1.165) is 12.6 Å². The van der Waals surface area contributed by atoms with E-state index in [1.54, 1.807) is 7.05 Å². The van der Waals surface area contributed by atoms with E-state index in [-0.39, 0.29) is 26.4 Å². The summed E-state index contributed by atoms with van der Waals surface area (Å²) in [6, 6.07) is 0. The molecule has 0 saturated heterocycles. The van der Waals surface area contributed by atoms with Crippen LogP contribution in [0.25, 0.3) is 0 Å². The molecule has 0 unspecified atom stereocenters. The van der Waals surface area contributed by atoms with Crippen molar-refractivity contribution in [2.45, 2.75) is 18.4 Å². The smallest absolute Gasteiger partial charge is 0.145 e. The van der Waals surface area contributed by atoms with E-state index in [0.29, 0.717) is 32.3 Å². The number of nitrogens with one attached hydrogen (secondary N) is 1. The van der Waals surface area contributed by atoms with Crippen molar-refractivity contribution in [2.75, 3.05) is 46.7 Å². The normalized spacial score (nSPS) is 11.2. The molecule has 0 radical (unpaired) electrons. The summed E-state index contributed by atoms with van der Waals surface area (Å²) in [7, 11) is 1.73. The fourth-order valence-corrected chi connectivity index (χ4v) is 1.44. The van der Waals surface area contributed by atoms with Crippen LogP contribution in [0.5, 0.6) is 0 Å². The lowest BCUT2D eigenvalue weighted by Crippen LogP contribution is -2.55. The molecule has 0 bridgehead atoms. The van der Waals surface area contributed by atoms with Crippen LogP contribution in [0.4, 0.5) is 0 Å². The lowest BCUT2D eigenvalue weighted by Gasteiger charge is -2.32. The van der Waals surface area contributed by atoms with Crippen molar-refractivity contribution in [1.29, 1.82) is 0 Å². The Balaban J connectivity index is 4.30. The number of carbonyl (C=O) groups is 3. The third-order valence-electron chi connectivity index (χ3n) is 2.61. The van der Waals surface area contributed by atoms with Gasteiger partial charge in [-0.2, -0.15) is 0 Å². The topological polar surface area (TPSA) is 90.9 Å². The Morgan fingerprint density at radius 2 is 1.35 bits per heavy atom. The summed E-state index contributed by atoms with van der Waals surface area (Å²) in [4.78, 5) is 30.8. The molecule has 1 N–H and O–H groups in total. The fourth-order valence-electron chi connectivity index (χ4n) is 1.44. The largest absolute Gasteiger partial charge is 0.379 e. The zero-order valence-electron chi connectivity index (χ0n) is 11.8. The van der Waals surface area contributed by atoms with Gasteiger partial charge in [0.25, 0.3) is 0 Å². The molecule has 0 spiro atoms. The number of carbonyl (C=O) groups excluding carboxylic acids is 3. The molecule has 0 aliphatic rings. The van der Waals surface area contributed by atoms with Crippen LogP contribution in [-0.2, 0) is 28.6 Å². The number of hydrogen-bond donors (Lipinski definition) is 1. The Kier molecular flexibility index (Phi) is 12.1. The number of likely N-dealkylation sites (N-methyl/N-ethyl adjacent to an activating group) is 1. The van der Waals surface area contributed by atoms with Gasteiger partial charge in [0.05, 0.1) is 38.6 Å². The van der Waals surface area contributed by atoms with Gasteiger partial charge in [0.1, 0.15) is 25.5 Å². The summed E-state index contributed by atoms with van der Waals surface area (Å²) in [6.07, 6.45) is 2.87. The summed E-state index contributed by atoms with van der Waals surface area (Å²) >= 11 is 0. The number of ether oxygens (including phenoxy) is 3. The number of aldehydes is 3. The molecule has 0 heterocycles. The highest BCUT2D eigenvalue weighted by Crippen LogP contribution is 2.08. The monoisotopic (exact) mass is 289 g/mol. The predicted molar refractivity (Wildman–Crippen MR) is 71.7 cm³/mol. The molecule has 0 atom stereocenters. The Hall–Kier alpha value is -1.15. The van der Waals surface area contributed by atoms with Gasteiger partial charge in [-0.25, -0.2) is 0 Å². The second kappa shape index (κ2) is 12.9. The first-order chi connectivity index (χ1) is 9.74. The van der Waals surface area contributed by atoms with Gasteiger partial charge in [-0.15, -0.1) is 0 Å². The van der Waals surface area contributed by atoms with Crippen LogP contribution in [0.2, 0.25) is 0 Å². The van der Waals surface area contributed by atoms with Gasteiger partial charge < -0.3 is 33.9 Å². The second-order valence-electron chi connectivity index (χ2n) is 4.23. The minimum Gasteiger partial charge on any atom is -0.379 e. The summed E-state index contributed by atoms with van der Waals surface area (Å²) in [6.45, 7) is 1.40. The van der Waals surface area contributed by atoms with Crippen LogP contribution in [0, 0.1) is 0 Å². The van der Waals surface area contributed by atoms with Crippen LogP contribution < -0.4 is 5.32 Å². The van der Waals surface area contributed by atoms with Crippen molar-refractivity contribution < 1.29 is 28.6 Å². The quantitative estimate of drug-likeness (QED) is 0.317. The van der Waals surface area contributed by atoms with Crippen LogP contribution in [0.3, 0.4) is 0 Å². The Morgan fingerprint density at radius 3 is 1.75 bits per heavy atom. The fraction of sp³-hybridized carbons (Fsp3) is 0.769. The third kappa shape index (κ3) is 8.87. The van der Waals surface area contributed by atoms with E-state index >= 15 is 0 Å². The molecule has 0 rings (SSSR count). The van der Waals surface area contributed by atoms with E-state index in [4.69, 9.17) is 14.2 Å². The van der Waals surface area contributed by atoms with Crippen molar-refractivity contribution in [3.05, 3.63) is 0 Å². The van der Waals surface area contributed by atoms with Gasteiger partial charge in [-0.3, -0.25) is 0 Å². The van der Waals surface area contributed by atoms with Gasteiger partial charge in [0, 0.05) is 12.8 Å². The molecule has 0 aromatic carbocycles. The predicted octanol–water partition coefficient (Wildman–Crippen LogP) is -0.629. The molecule has 0 aliphatic heterocycles. The molecule has 7 heteroatoms. The number of hydrogen-bond acceptors (Lipinski definition) is 7. The third-order valence-corrected chi connectivity index (χ3v) is 2.61. The van der Waals surface area contributed by atoms with Gasteiger partial charge in [-0.05, 0) is 7.05 Å². The highest BCUT2D eigenvalue weighted by atomic mass is 16.5. The maximum Gasteiger partial charge on any atom is 0.145 e. The van der Waals surface area contributed by atoms with Crippen molar-refractivity contribution in [1.82, 2.24) is 5.32 Å². The van der Waals surface area contributed by atoms with Crippen LogP contribution >= 0.6 is 0 Å². The molecule has 0 saturated carbocycles. The molecule has 7 nitrogen and oxygen atoms in total. The lowest BCUT2D eigenvalue weighted by molar-refractivity contribution is -0.115. The van der Waals surface area contributed by atoms with Crippen molar-refractivity contribution in [2.24, 2.45) is 0 Å². The molecular weight excluding hydrogens is 266 g/mol. The molecule has 20 heavy (non-hydrogen) atoms. The standard InChI is InChI=1S/C13H23NO6/c1-14-13(12-20-9-6-17,10-18-7-2-4-15)11-19-8-3-5-16/h4-6,14H,2-3,7-12H2,1H3. The summed E-state index contributed by atoms with van der Waals surface area (Å²) in [5, 5.41) is 3.06. The number of rotatable bonds is 15. The van der Waals surface area contributed by atoms with Gasteiger partial charge in [-0.1, -0.05) is 0 Å². The van der Waals surface area contributed by atoms with Crippen molar-refractivity contribution in [3.63, 3.8) is 0 Å². The second-order valence-corrected chi connectivity index (χ2v) is 4.23. The Morgan fingerprint density at radius 1 is 0.850 bits per heavy atom. The van der Waals surface area contributed by atoms with Crippen molar-refractivity contribution >= 4 is 18.9 Å². The first kappa shape index (κ1) is 18.9. The Labute approximate surface area is 118 Å². The average Bonchev–Trinajstić information content (AvgIpc) is 2.47. The molecule has 0 aliphatic carbocycles. The molecule has 0 amide bonds. The zero-order valence-corrected chi connectivity index (χ0v) is 11.8. The summed E-state index contributed by atoms with van der Waals surface area (Å²) < 4.78 is 16.0. The summed E-state index contributed by atoms with van der Waals surface area (Å²) in [5.74, 6) is 0. The zero-order chi connectivity index (χ0) is 15.1. The maximum absolute atomic E-state index is 10.3. The molecule has 0 aromatic heterocycles. The van der Waals surface area contributed by atoms with E-state index in [1.165, 1.54) is 0 Å². The highest BCUT2D eigenvalue weighted by Gasteiger charge is 2.29. The lowest BCUT2D eigenvalue weighted by atomic mass is 10.0. The highest BCUT2D eigenvalue weighted by molar-refractivity contribution is 5.50. The van der Waals surface area contributed by atoms with E-state index in [9.17, 15) is 14.4 Å². The van der Waals surface area contributed by atoms with Gasteiger partial charge >= 0.3 is 0 Å². The van der Waals surface area contributed by atoms with E-state index in [2.05, 4.69) is 5.32 Å². The van der Waals surface area contributed by atoms with Crippen LogP contribution in [0.1, 0.15) is 12.8 Å². The van der Waals surface area contributed by atoms with Crippen LogP contribution in [0.15, 0.2) is 0 Å². The molecule has 116 valence electrons. The Bertz CT molecular complexity index is 256. The van der Waals surface area contributed by atoms with Crippen LogP contribution in [-0.4, -0.2) is 71.1 Å². The van der Waals surface area contributed by atoms with Gasteiger partial charge in [0.2, 0.25) is 0 Å². The molecule has 0 aromatic rings. The maximum atomic E-state index is 10.3.